The summed E-state index contributed by atoms with van der Waals surface area (Å²) < 4.78 is 6.41. The van der Waals surface area contributed by atoms with Gasteiger partial charge in [-0.1, -0.05) is 18.2 Å². The van der Waals surface area contributed by atoms with Crippen LogP contribution < -0.4 is 20.7 Å². The quantitative estimate of drug-likeness (QED) is 0.349. The normalized spacial score (nSPS) is 23.0. The lowest BCUT2D eigenvalue weighted by molar-refractivity contribution is -0.120. The first-order chi connectivity index (χ1) is 12.7. The predicted octanol–water partition coefficient (Wildman–Crippen LogP) is 2.88. The van der Waals surface area contributed by atoms with E-state index < -0.39 is 0 Å². The molecule has 1 unspecified atom stereocenters. The van der Waals surface area contributed by atoms with Gasteiger partial charge in [0.1, 0.15) is 11.4 Å². The maximum atomic E-state index is 11.9. The van der Waals surface area contributed by atoms with Crippen molar-refractivity contribution in [2.45, 2.75) is 62.6 Å². The predicted molar refractivity (Wildman–Crippen MR) is 117 cm³/mol. The van der Waals surface area contributed by atoms with Crippen molar-refractivity contribution in [3.05, 3.63) is 29.8 Å². The van der Waals surface area contributed by atoms with Crippen LogP contribution in [0.5, 0.6) is 5.75 Å². The number of rotatable bonds is 4. The van der Waals surface area contributed by atoms with E-state index in [1.807, 2.05) is 12.1 Å². The lowest BCUT2D eigenvalue weighted by atomic mass is 9.86. The third-order valence-corrected chi connectivity index (χ3v) is 5.61. The highest BCUT2D eigenvalue weighted by Gasteiger charge is 2.43. The van der Waals surface area contributed by atoms with Crippen LogP contribution in [0, 0.1) is 0 Å². The molecule has 0 aromatic heterocycles. The Kier molecular flexibility index (Phi) is 6.49. The molecule has 0 radical (unpaired) electrons. The van der Waals surface area contributed by atoms with Crippen LogP contribution >= 0.6 is 24.0 Å². The van der Waals surface area contributed by atoms with Crippen LogP contribution in [0.3, 0.4) is 0 Å². The first kappa shape index (κ1) is 20.2. The van der Waals surface area contributed by atoms with E-state index in [2.05, 4.69) is 33.1 Å². The maximum absolute atomic E-state index is 11.9. The number of ether oxygens (including phenoxy) is 1. The lowest BCUT2D eigenvalue weighted by Gasteiger charge is -2.40. The van der Waals surface area contributed by atoms with Crippen molar-refractivity contribution in [2.75, 3.05) is 13.6 Å². The molecular formula is C20H29IN4O2. The Balaban J connectivity index is 0.00000210. The Morgan fingerprint density at radius 3 is 2.67 bits per heavy atom. The Bertz CT molecular complexity index is 699. The second-order valence-electron chi connectivity index (χ2n) is 7.70. The average Bonchev–Trinajstić information content (AvgIpc) is 3.36. The minimum Gasteiger partial charge on any atom is -0.487 e. The topological polar surface area (TPSA) is 74.8 Å². The molecule has 7 heteroatoms. The van der Waals surface area contributed by atoms with Gasteiger partial charge in [0.05, 0.1) is 12.6 Å². The molecule has 1 aromatic rings. The third-order valence-electron chi connectivity index (χ3n) is 5.61. The number of para-hydroxylation sites is 1. The standard InChI is InChI=1S/C20H28N4O2.HI/c1-21-19(22-13-18(25)23-14-8-9-14)24-16-12-20(10-4-5-11-20)26-17-7-3-2-6-15(16)17;/h2-3,6-7,14,16H,4-5,8-13H2,1H3,(H,23,25)(H2,21,22,24);1H. The summed E-state index contributed by atoms with van der Waals surface area (Å²) in [6.45, 7) is 0.242. The smallest absolute Gasteiger partial charge is 0.239 e. The van der Waals surface area contributed by atoms with Gasteiger partial charge >= 0.3 is 0 Å². The van der Waals surface area contributed by atoms with Gasteiger partial charge in [-0.15, -0.1) is 24.0 Å². The summed E-state index contributed by atoms with van der Waals surface area (Å²) in [6.07, 6.45) is 7.79. The molecule has 0 saturated heterocycles. The Morgan fingerprint density at radius 2 is 1.96 bits per heavy atom. The van der Waals surface area contributed by atoms with E-state index >= 15 is 0 Å². The lowest BCUT2D eigenvalue weighted by Crippen LogP contribution is -2.48. The molecule has 27 heavy (non-hydrogen) atoms. The molecule has 1 spiro atoms. The Hall–Kier alpha value is -1.51. The van der Waals surface area contributed by atoms with Crippen LogP contribution in [0.25, 0.3) is 0 Å². The first-order valence-corrected chi connectivity index (χ1v) is 9.72. The number of fused-ring (bicyclic) bond motifs is 1. The number of carbonyl (C=O) groups excluding carboxylic acids is 1. The molecule has 4 rings (SSSR count). The second kappa shape index (κ2) is 8.67. The molecule has 0 bridgehead atoms. The number of carbonyl (C=O) groups is 1. The fourth-order valence-corrected chi connectivity index (χ4v) is 4.10. The van der Waals surface area contributed by atoms with Crippen LogP contribution in [-0.2, 0) is 4.79 Å². The number of hydrogen-bond acceptors (Lipinski definition) is 3. The largest absolute Gasteiger partial charge is 0.487 e. The number of amides is 1. The number of benzene rings is 1. The summed E-state index contributed by atoms with van der Waals surface area (Å²) in [5, 5.41) is 9.65. The van der Waals surface area contributed by atoms with Gasteiger partial charge in [-0.05, 0) is 44.6 Å². The zero-order chi connectivity index (χ0) is 18.0. The van der Waals surface area contributed by atoms with Crippen molar-refractivity contribution in [2.24, 2.45) is 4.99 Å². The van der Waals surface area contributed by atoms with Gasteiger partial charge < -0.3 is 20.7 Å². The van der Waals surface area contributed by atoms with Crippen LogP contribution in [0.1, 0.15) is 56.6 Å². The van der Waals surface area contributed by atoms with Gasteiger partial charge in [-0.2, -0.15) is 0 Å². The van der Waals surface area contributed by atoms with Gasteiger partial charge in [-0.25, -0.2) is 0 Å². The highest BCUT2D eigenvalue weighted by atomic mass is 127. The number of nitrogens with one attached hydrogen (secondary N) is 3. The van der Waals surface area contributed by atoms with Gasteiger partial charge in [-0.3, -0.25) is 9.79 Å². The fraction of sp³-hybridized carbons (Fsp3) is 0.600. The van der Waals surface area contributed by atoms with Gasteiger partial charge in [0.15, 0.2) is 5.96 Å². The van der Waals surface area contributed by atoms with E-state index in [9.17, 15) is 4.79 Å². The fourth-order valence-electron chi connectivity index (χ4n) is 4.10. The van der Waals surface area contributed by atoms with Crippen LogP contribution in [0.2, 0.25) is 0 Å². The van der Waals surface area contributed by atoms with Gasteiger partial charge in [0, 0.05) is 25.1 Å². The molecule has 2 fully saturated rings. The number of hydrogen-bond donors (Lipinski definition) is 3. The van der Waals surface area contributed by atoms with Gasteiger partial charge in [0.25, 0.3) is 0 Å². The van der Waals surface area contributed by atoms with Crippen molar-refractivity contribution in [3.63, 3.8) is 0 Å². The van der Waals surface area contributed by atoms with Crippen molar-refractivity contribution in [1.29, 1.82) is 0 Å². The van der Waals surface area contributed by atoms with E-state index in [-0.39, 0.29) is 48.1 Å². The third kappa shape index (κ3) is 4.86. The highest BCUT2D eigenvalue weighted by molar-refractivity contribution is 14.0. The highest BCUT2D eigenvalue weighted by Crippen LogP contribution is 2.46. The molecule has 6 nitrogen and oxygen atoms in total. The Labute approximate surface area is 177 Å². The maximum Gasteiger partial charge on any atom is 0.239 e. The van der Waals surface area contributed by atoms with Crippen LogP contribution in [-0.4, -0.2) is 37.1 Å². The summed E-state index contributed by atoms with van der Waals surface area (Å²) in [6, 6.07) is 8.76. The molecule has 2 aliphatic carbocycles. The van der Waals surface area contributed by atoms with Crippen molar-refractivity contribution in [1.82, 2.24) is 16.0 Å². The van der Waals surface area contributed by atoms with E-state index in [1.54, 1.807) is 7.05 Å². The summed E-state index contributed by atoms with van der Waals surface area (Å²) in [4.78, 5) is 16.2. The molecule has 1 aromatic carbocycles. The summed E-state index contributed by atoms with van der Waals surface area (Å²) in [5.74, 6) is 1.65. The molecule has 1 atom stereocenters. The number of aliphatic imine (C=N–C) groups is 1. The molecule has 2 saturated carbocycles. The van der Waals surface area contributed by atoms with E-state index in [4.69, 9.17) is 4.74 Å². The molecule has 1 heterocycles. The minimum absolute atomic E-state index is 0. The number of nitrogens with zero attached hydrogens (tertiary/aromatic N) is 1. The summed E-state index contributed by atoms with van der Waals surface area (Å²) in [5.41, 5.74) is 1.10. The van der Waals surface area contributed by atoms with Crippen molar-refractivity contribution < 1.29 is 9.53 Å². The number of halogens is 1. The zero-order valence-corrected chi connectivity index (χ0v) is 18.1. The van der Waals surface area contributed by atoms with Crippen molar-refractivity contribution in [3.8, 4) is 5.75 Å². The number of guanidine groups is 1. The summed E-state index contributed by atoms with van der Waals surface area (Å²) in [7, 11) is 1.74. The van der Waals surface area contributed by atoms with Crippen molar-refractivity contribution >= 4 is 35.8 Å². The SMILES string of the molecule is CN=C(NCC(=O)NC1CC1)NC1CC2(CCCC2)Oc2ccccc21.I. The molecule has 3 aliphatic rings. The van der Waals surface area contributed by atoms with Crippen LogP contribution in [0.4, 0.5) is 0 Å². The minimum atomic E-state index is -0.0613. The molecular weight excluding hydrogens is 455 g/mol. The Morgan fingerprint density at radius 1 is 1.22 bits per heavy atom. The monoisotopic (exact) mass is 484 g/mol. The van der Waals surface area contributed by atoms with E-state index in [0.717, 1.165) is 43.4 Å². The summed E-state index contributed by atoms with van der Waals surface area (Å²) >= 11 is 0. The second-order valence-corrected chi connectivity index (χ2v) is 7.70. The molecule has 148 valence electrons. The molecule has 1 amide bonds. The first-order valence-electron chi connectivity index (χ1n) is 9.72. The molecule has 3 N–H and O–H groups in total. The molecule has 1 aliphatic heterocycles. The van der Waals surface area contributed by atoms with Crippen LogP contribution in [0.15, 0.2) is 29.3 Å². The zero-order valence-electron chi connectivity index (χ0n) is 15.8. The van der Waals surface area contributed by atoms with E-state index in [0.29, 0.717) is 12.0 Å². The van der Waals surface area contributed by atoms with E-state index in [1.165, 1.54) is 12.8 Å². The average molecular weight is 484 g/mol. The van der Waals surface area contributed by atoms with Gasteiger partial charge in [0.2, 0.25) is 5.91 Å².